The molecular formula is C38H59ClN6O10. The molecule has 0 saturated heterocycles. The second-order valence-corrected chi connectivity index (χ2v) is 12.3. The number of aromatic nitrogens is 2. The largest absolute Gasteiger partial charge is 0.508 e. The zero-order valence-electron chi connectivity index (χ0n) is 27.4. The number of nitrogens with zero attached hydrogens (tertiary/aromatic N) is 4. The molecule has 308 valence electrons. The molecule has 5 N–H and O–H groups in total. The van der Waals surface area contributed by atoms with Gasteiger partial charge in [0.05, 0.1) is 22.0 Å². The molecule has 0 amide bonds. The third-order valence-electron chi connectivity index (χ3n) is 5.31. The van der Waals surface area contributed by atoms with Crippen molar-refractivity contribution in [2.24, 2.45) is 0 Å². The predicted octanol–water partition coefficient (Wildman–Crippen LogP) is 10.7. The zero-order valence-corrected chi connectivity index (χ0v) is 28.1. The van der Waals surface area contributed by atoms with Crippen LogP contribution in [-0.4, -0.2) is 48.1 Å². The lowest BCUT2D eigenvalue weighted by atomic mass is 10.2. The molecule has 0 aliphatic carbocycles. The molecule has 55 heavy (non-hydrogen) atoms. The number of ether oxygens (including phenoxy) is 3. The van der Waals surface area contributed by atoms with Gasteiger partial charge in [0.15, 0.2) is 5.69 Å². The number of hydrogen-bond acceptors (Lipinski definition) is 14. The Kier molecular flexibility index (Phi) is 26.6. The molecule has 0 atom stereocenters. The van der Waals surface area contributed by atoms with Gasteiger partial charge >= 0.3 is 11.9 Å². The number of carbonyl (C=O) groups is 2. The van der Waals surface area contributed by atoms with Crippen molar-refractivity contribution in [1.29, 1.82) is 0 Å². The Hall–Kier alpha value is -6.03. The Morgan fingerprint density at radius 2 is 1.05 bits per heavy atom. The van der Waals surface area contributed by atoms with Crippen LogP contribution in [0, 0.1) is 20.2 Å². The Morgan fingerprint density at radius 3 is 1.47 bits per heavy atom. The summed E-state index contributed by atoms with van der Waals surface area (Å²) >= 11 is 5.71. The average Bonchev–Trinajstić information content (AvgIpc) is 2.98. The second-order valence-electron chi connectivity index (χ2n) is 11.8. The topological polar surface area (TPSA) is 246 Å². The molecule has 17 heteroatoms. The first kappa shape index (κ1) is 58.3. The van der Waals surface area contributed by atoms with Crippen LogP contribution in [0.1, 0.15) is 107 Å². The second kappa shape index (κ2) is 25.1. The van der Waals surface area contributed by atoms with Crippen LogP contribution in [0.5, 0.6) is 17.2 Å². The van der Waals surface area contributed by atoms with Gasteiger partial charge in [-0.3, -0.25) is 20.2 Å². The van der Waals surface area contributed by atoms with Crippen molar-refractivity contribution in [3.8, 4) is 17.2 Å². The van der Waals surface area contributed by atoms with E-state index in [9.17, 15) is 29.8 Å². The minimum atomic E-state index is -0.646. The normalized spacial score (nSPS) is 9.51. The SMILES string of the molecule is C.C.C.C.C.C.CC(C)(C)OC(=O)c1cc(Cl)ccn1.CC(C)(C)OC(=O)c1cc(Oc2ccc(N)c([N+](=O)[O-])c2)ccn1.Nc1ccc(O)cc1[N+](=O)[O-]. The van der Waals surface area contributed by atoms with Crippen LogP contribution in [-0.2, 0) is 9.47 Å². The van der Waals surface area contributed by atoms with Gasteiger partial charge in [0, 0.05) is 23.5 Å². The Labute approximate surface area is 330 Å². The van der Waals surface area contributed by atoms with Gasteiger partial charge in [-0.2, -0.15) is 0 Å². The Morgan fingerprint density at radius 1 is 0.655 bits per heavy atom. The first-order valence-electron chi connectivity index (χ1n) is 14.1. The fourth-order valence-corrected chi connectivity index (χ4v) is 3.49. The number of nitro groups is 2. The van der Waals surface area contributed by atoms with E-state index in [0.29, 0.717) is 10.8 Å². The predicted molar refractivity (Wildman–Crippen MR) is 221 cm³/mol. The fourth-order valence-electron chi connectivity index (χ4n) is 3.33. The highest BCUT2D eigenvalue weighted by Gasteiger charge is 2.20. The lowest BCUT2D eigenvalue weighted by molar-refractivity contribution is -0.384. The van der Waals surface area contributed by atoms with Gasteiger partial charge in [-0.15, -0.1) is 0 Å². The van der Waals surface area contributed by atoms with E-state index in [2.05, 4.69) is 9.97 Å². The number of nitro benzene ring substituents is 2. The summed E-state index contributed by atoms with van der Waals surface area (Å²) in [6.07, 6.45) is 2.86. The first-order chi connectivity index (χ1) is 22.6. The number of phenols is 1. The van der Waals surface area contributed by atoms with E-state index in [1.165, 1.54) is 60.9 Å². The molecule has 4 rings (SSSR count). The summed E-state index contributed by atoms with van der Waals surface area (Å²) in [4.78, 5) is 51.1. The maximum Gasteiger partial charge on any atom is 0.357 e. The molecule has 0 aliphatic heterocycles. The third kappa shape index (κ3) is 20.7. The zero-order chi connectivity index (χ0) is 37.1. The average molecular weight is 795 g/mol. The molecule has 0 radical (unpaired) electrons. The van der Waals surface area contributed by atoms with E-state index in [1.54, 1.807) is 47.6 Å². The standard InChI is InChI=1S/C16H17N3O5.C10H12ClNO2.C6H6N2O3.6CH4/c1-16(2,3)24-15(20)13-8-11(6-7-18-13)23-10-4-5-12(17)14(9-10)19(21)22;1-10(2,3)14-9(13)8-6-7(11)4-5-12-8;7-5-2-1-4(9)3-6(5)8(10)11;;;;;;/h4-9H,17H2,1-3H3;4-6H,1-3H3;1-3,9H,7H2;6*1H4. The van der Waals surface area contributed by atoms with Crippen LogP contribution in [0.2, 0.25) is 5.02 Å². The van der Waals surface area contributed by atoms with Crippen molar-refractivity contribution in [3.05, 3.63) is 110 Å². The number of hydrogen-bond donors (Lipinski definition) is 3. The summed E-state index contributed by atoms with van der Waals surface area (Å²) in [5.41, 5.74) is 9.48. The van der Waals surface area contributed by atoms with Gasteiger partial charge in [-0.1, -0.05) is 56.2 Å². The van der Waals surface area contributed by atoms with Crippen molar-refractivity contribution in [3.63, 3.8) is 0 Å². The highest BCUT2D eigenvalue weighted by atomic mass is 35.5. The highest BCUT2D eigenvalue weighted by Crippen LogP contribution is 2.30. The van der Waals surface area contributed by atoms with Gasteiger partial charge < -0.3 is 30.8 Å². The maximum absolute atomic E-state index is 12.0. The molecule has 2 aromatic carbocycles. The monoisotopic (exact) mass is 794 g/mol. The number of nitrogen functional groups attached to an aromatic ring is 2. The molecule has 0 fully saturated rings. The molecular weight excluding hydrogens is 736 g/mol. The van der Waals surface area contributed by atoms with Crippen molar-refractivity contribution in [2.45, 2.75) is 97.3 Å². The summed E-state index contributed by atoms with van der Waals surface area (Å²) in [6.45, 7) is 10.6. The van der Waals surface area contributed by atoms with Gasteiger partial charge in [0.25, 0.3) is 11.4 Å². The number of carbonyl (C=O) groups excluding carboxylic acids is 2. The van der Waals surface area contributed by atoms with E-state index >= 15 is 0 Å². The van der Waals surface area contributed by atoms with Crippen molar-refractivity contribution in [1.82, 2.24) is 9.97 Å². The molecule has 0 saturated carbocycles. The van der Waals surface area contributed by atoms with Crippen LogP contribution < -0.4 is 16.2 Å². The first-order valence-corrected chi connectivity index (χ1v) is 14.5. The van der Waals surface area contributed by atoms with Crippen LogP contribution in [0.3, 0.4) is 0 Å². The number of pyridine rings is 2. The van der Waals surface area contributed by atoms with E-state index in [4.69, 9.17) is 42.4 Å². The summed E-state index contributed by atoms with van der Waals surface area (Å²) in [5, 5.41) is 30.4. The lowest BCUT2D eigenvalue weighted by Gasteiger charge is -2.19. The number of nitrogens with two attached hydrogens (primary N) is 2. The minimum absolute atomic E-state index is 0. The third-order valence-corrected chi connectivity index (χ3v) is 5.55. The van der Waals surface area contributed by atoms with E-state index in [-0.39, 0.29) is 90.2 Å². The molecule has 2 aromatic heterocycles. The smallest absolute Gasteiger partial charge is 0.357 e. The van der Waals surface area contributed by atoms with Gasteiger partial charge in [0.1, 0.15) is 45.5 Å². The number of benzene rings is 2. The van der Waals surface area contributed by atoms with Crippen LogP contribution in [0.4, 0.5) is 22.7 Å². The quantitative estimate of drug-likeness (QED) is 0.0540. The molecule has 0 spiro atoms. The van der Waals surface area contributed by atoms with E-state index in [1.807, 2.05) is 0 Å². The number of halogens is 1. The number of anilines is 2. The van der Waals surface area contributed by atoms with Crippen LogP contribution >= 0.6 is 11.6 Å². The molecule has 0 unspecified atom stereocenters. The summed E-state index contributed by atoms with van der Waals surface area (Å²) in [7, 11) is 0. The lowest BCUT2D eigenvalue weighted by Crippen LogP contribution is -2.24. The van der Waals surface area contributed by atoms with Gasteiger partial charge in [-0.05, 0) is 84.0 Å². The Balaban J connectivity index is -0.000000233. The van der Waals surface area contributed by atoms with E-state index in [0.717, 1.165) is 6.07 Å². The maximum atomic E-state index is 12.0. The van der Waals surface area contributed by atoms with Crippen molar-refractivity contribution < 1.29 is 38.8 Å². The van der Waals surface area contributed by atoms with Crippen molar-refractivity contribution in [2.75, 3.05) is 11.5 Å². The summed E-state index contributed by atoms with van der Waals surface area (Å²) < 4.78 is 15.9. The van der Waals surface area contributed by atoms with Gasteiger partial charge in [-0.25, -0.2) is 19.6 Å². The highest BCUT2D eigenvalue weighted by molar-refractivity contribution is 6.30. The van der Waals surface area contributed by atoms with Crippen molar-refractivity contribution >= 4 is 46.3 Å². The molecule has 4 aromatic rings. The Bertz CT molecular complexity index is 1830. The summed E-state index contributed by atoms with van der Waals surface area (Å²) in [6, 6.07) is 13.7. The summed E-state index contributed by atoms with van der Waals surface area (Å²) in [5.74, 6) is -0.690. The van der Waals surface area contributed by atoms with Crippen LogP contribution in [0.25, 0.3) is 0 Å². The molecule has 16 nitrogen and oxygen atoms in total. The number of esters is 2. The number of phenolic OH excluding ortho intramolecular Hbond substituents is 1. The fraction of sp³-hybridized carbons (Fsp3) is 0.368. The van der Waals surface area contributed by atoms with E-state index < -0.39 is 33.0 Å². The molecule has 0 bridgehead atoms. The minimum Gasteiger partial charge on any atom is -0.508 e. The van der Waals surface area contributed by atoms with Gasteiger partial charge in [0.2, 0.25) is 0 Å². The number of aromatic hydroxyl groups is 1. The van der Waals surface area contributed by atoms with Crippen LogP contribution in [0.15, 0.2) is 73.1 Å². The number of rotatable bonds is 6. The molecule has 0 aliphatic rings. The molecule has 2 heterocycles.